The van der Waals surface area contributed by atoms with Crippen LogP contribution in [0.5, 0.6) is 0 Å². The van der Waals surface area contributed by atoms with Crippen LogP contribution in [0.2, 0.25) is 0 Å². The van der Waals surface area contributed by atoms with Crippen molar-refractivity contribution in [2.75, 3.05) is 26.3 Å². The molecule has 1 N–H and O–H groups in total. The van der Waals surface area contributed by atoms with Crippen molar-refractivity contribution in [3.8, 4) is 0 Å². The fourth-order valence-corrected chi connectivity index (χ4v) is 2.57. The van der Waals surface area contributed by atoms with Gasteiger partial charge in [-0.1, -0.05) is 39.5 Å². The highest BCUT2D eigenvalue weighted by atomic mass is 32.2. The predicted molar refractivity (Wildman–Crippen MR) is 76.8 cm³/mol. The first kappa shape index (κ1) is 14.8. The minimum absolute atomic E-state index is 0.629. The lowest BCUT2D eigenvalue weighted by Gasteiger charge is -2.12. The van der Waals surface area contributed by atoms with Crippen molar-refractivity contribution < 1.29 is 4.74 Å². The molecule has 100 valence electrons. The smallest absolute Gasteiger partial charge is 0.156 e. The summed E-state index contributed by atoms with van der Waals surface area (Å²) in [6, 6.07) is 0. The molecule has 0 saturated carbocycles. The highest BCUT2D eigenvalue weighted by Crippen LogP contribution is 2.25. The van der Waals surface area contributed by atoms with Crippen LogP contribution in [-0.4, -0.2) is 36.7 Å². The van der Waals surface area contributed by atoms with E-state index in [1.807, 2.05) is 11.8 Å². The van der Waals surface area contributed by atoms with E-state index in [1.54, 1.807) is 0 Å². The van der Waals surface area contributed by atoms with E-state index in [4.69, 9.17) is 4.74 Å². The topological polar surface area (TPSA) is 33.6 Å². The SMILES string of the molecule is CC(C)COCCCNC1=NCC(C(C)C)S1. The Morgan fingerprint density at radius 3 is 2.76 bits per heavy atom. The molecule has 1 rings (SSSR count). The Bertz CT molecular complexity index is 242. The summed E-state index contributed by atoms with van der Waals surface area (Å²) in [4.78, 5) is 4.51. The minimum atomic E-state index is 0.629. The third-order valence-corrected chi connectivity index (χ3v) is 4.11. The van der Waals surface area contributed by atoms with Crippen molar-refractivity contribution in [1.29, 1.82) is 0 Å². The van der Waals surface area contributed by atoms with Crippen LogP contribution in [0.25, 0.3) is 0 Å². The standard InChI is InChI=1S/C13H26N2OS/c1-10(2)9-16-7-5-6-14-13-15-8-12(17-13)11(3)4/h10-12H,5-9H2,1-4H3,(H,14,15). The first-order valence-electron chi connectivity index (χ1n) is 6.62. The van der Waals surface area contributed by atoms with Crippen LogP contribution in [0.15, 0.2) is 4.99 Å². The van der Waals surface area contributed by atoms with Crippen LogP contribution < -0.4 is 5.32 Å². The summed E-state index contributed by atoms with van der Waals surface area (Å²) in [5.74, 6) is 1.34. The zero-order valence-electron chi connectivity index (χ0n) is 11.5. The van der Waals surface area contributed by atoms with Crippen molar-refractivity contribution >= 4 is 16.9 Å². The minimum Gasteiger partial charge on any atom is -0.381 e. The molecule has 1 aliphatic heterocycles. The quantitative estimate of drug-likeness (QED) is 0.713. The van der Waals surface area contributed by atoms with Gasteiger partial charge in [0.15, 0.2) is 5.17 Å². The number of hydrogen-bond donors (Lipinski definition) is 1. The number of hydrogen-bond acceptors (Lipinski definition) is 4. The number of aliphatic imine (C=N–C) groups is 1. The number of amidine groups is 1. The Labute approximate surface area is 110 Å². The molecular formula is C13H26N2OS. The third-order valence-electron chi connectivity index (χ3n) is 2.61. The van der Waals surface area contributed by atoms with Crippen molar-refractivity contribution in [2.24, 2.45) is 16.8 Å². The second-order valence-corrected chi connectivity index (χ2v) is 6.52. The summed E-state index contributed by atoms with van der Waals surface area (Å²) in [5.41, 5.74) is 0. The average molecular weight is 258 g/mol. The fourth-order valence-electron chi connectivity index (χ4n) is 1.52. The number of nitrogens with zero attached hydrogens (tertiary/aromatic N) is 1. The fraction of sp³-hybridized carbons (Fsp3) is 0.923. The van der Waals surface area contributed by atoms with Crippen LogP contribution in [0, 0.1) is 11.8 Å². The van der Waals surface area contributed by atoms with Crippen LogP contribution in [0.1, 0.15) is 34.1 Å². The lowest BCUT2D eigenvalue weighted by Crippen LogP contribution is -2.22. The van der Waals surface area contributed by atoms with Gasteiger partial charge in [-0.3, -0.25) is 4.99 Å². The average Bonchev–Trinajstić information content (AvgIpc) is 2.71. The molecule has 0 fully saturated rings. The molecule has 0 aromatic carbocycles. The molecule has 1 atom stereocenters. The van der Waals surface area contributed by atoms with Gasteiger partial charge in [0.1, 0.15) is 0 Å². The lowest BCUT2D eigenvalue weighted by molar-refractivity contribution is 0.108. The van der Waals surface area contributed by atoms with Crippen molar-refractivity contribution in [3.05, 3.63) is 0 Å². The van der Waals surface area contributed by atoms with E-state index in [9.17, 15) is 0 Å². The second-order valence-electron chi connectivity index (χ2n) is 5.30. The Hall–Kier alpha value is -0.220. The summed E-state index contributed by atoms with van der Waals surface area (Å²) in [6.45, 7) is 12.5. The van der Waals surface area contributed by atoms with Crippen LogP contribution in [-0.2, 0) is 4.74 Å². The molecular weight excluding hydrogens is 232 g/mol. The van der Waals surface area contributed by atoms with E-state index in [-0.39, 0.29) is 0 Å². The van der Waals surface area contributed by atoms with Gasteiger partial charge in [-0.25, -0.2) is 0 Å². The van der Waals surface area contributed by atoms with Gasteiger partial charge in [-0.2, -0.15) is 0 Å². The number of rotatable bonds is 7. The molecule has 0 amide bonds. The molecule has 0 radical (unpaired) electrons. The molecule has 1 heterocycles. The van der Waals surface area contributed by atoms with E-state index < -0.39 is 0 Å². The van der Waals surface area contributed by atoms with Gasteiger partial charge >= 0.3 is 0 Å². The van der Waals surface area contributed by atoms with E-state index in [1.165, 1.54) is 0 Å². The second kappa shape index (κ2) is 7.98. The third kappa shape index (κ3) is 6.32. The summed E-state index contributed by atoms with van der Waals surface area (Å²) in [5, 5.41) is 5.17. The van der Waals surface area contributed by atoms with E-state index in [2.05, 4.69) is 38.0 Å². The number of ether oxygens (including phenoxy) is 1. The molecule has 1 aliphatic rings. The molecule has 0 aromatic heterocycles. The van der Waals surface area contributed by atoms with E-state index in [0.717, 1.165) is 37.9 Å². The van der Waals surface area contributed by atoms with Crippen molar-refractivity contribution in [1.82, 2.24) is 5.32 Å². The van der Waals surface area contributed by atoms with Crippen LogP contribution >= 0.6 is 11.8 Å². The Kier molecular flexibility index (Phi) is 6.97. The molecule has 0 aliphatic carbocycles. The van der Waals surface area contributed by atoms with Gasteiger partial charge < -0.3 is 10.1 Å². The maximum atomic E-state index is 5.53. The number of nitrogens with one attached hydrogen (secondary N) is 1. The van der Waals surface area contributed by atoms with Crippen LogP contribution in [0.4, 0.5) is 0 Å². The molecule has 0 aromatic rings. The Morgan fingerprint density at radius 2 is 2.18 bits per heavy atom. The molecule has 17 heavy (non-hydrogen) atoms. The summed E-state index contributed by atoms with van der Waals surface area (Å²) in [6.07, 6.45) is 1.05. The van der Waals surface area contributed by atoms with Crippen LogP contribution in [0.3, 0.4) is 0 Å². The molecule has 0 bridgehead atoms. The zero-order valence-corrected chi connectivity index (χ0v) is 12.3. The summed E-state index contributed by atoms with van der Waals surface area (Å²) >= 11 is 1.89. The van der Waals surface area contributed by atoms with Gasteiger partial charge in [0.2, 0.25) is 0 Å². The maximum Gasteiger partial charge on any atom is 0.156 e. The molecule has 4 heteroatoms. The monoisotopic (exact) mass is 258 g/mol. The molecule has 0 saturated heterocycles. The predicted octanol–water partition coefficient (Wildman–Crippen LogP) is 2.77. The molecule has 3 nitrogen and oxygen atoms in total. The highest BCUT2D eigenvalue weighted by molar-refractivity contribution is 8.14. The van der Waals surface area contributed by atoms with E-state index >= 15 is 0 Å². The first-order chi connectivity index (χ1) is 8.09. The number of thioether (sulfide) groups is 1. The van der Waals surface area contributed by atoms with E-state index in [0.29, 0.717) is 17.1 Å². The first-order valence-corrected chi connectivity index (χ1v) is 7.50. The maximum absolute atomic E-state index is 5.53. The summed E-state index contributed by atoms with van der Waals surface area (Å²) in [7, 11) is 0. The Morgan fingerprint density at radius 1 is 1.41 bits per heavy atom. The Balaban J connectivity index is 1.97. The molecule has 1 unspecified atom stereocenters. The van der Waals surface area contributed by atoms with Gasteiger partial charge in [0.25, 0.3) is 0 Å². The van der Waals surface area contributed by atoms with Crippen molar-refractivity contribution in [2.45, 2.75) is 39.4 Å². The van der Waals surface area contributed by atoms with Gasteiger partial charge in [0.05, 0.1) is 6.54 Å². The van der Waals surface area contributed by atoms with Crippen molar-refractivity contribution in [3.63, 3.8) is 0 Å². The zero-order chi connectivity index (χ0) is 12.7. The molecule has 0 spiro atoms. The summed E-state index contributed by atoms with van der Waals surface area (Å²) < 4.78 is 5.53. The highest BCUT2D eigenvalue weighted by Gasteiger charge is 2.21. The van der Waals surface area contributed by atoms with Gasteiger partial charge in [-0.15, -0.1) is 0 Å². The van der Waals surface area contributed by atoms with Gasteiger partial charge in [0, 0.05) is 25.0 Å². The van der Waals surface area contributed by atoms with Gasteiger partial charge in [-0.05, 0) is 18.3 Å². The largest absolute Gasteiger partial charge is 0.381 e. The normalized spacial score (nSPS) is 20.1. The lowest BCUT2D eigenvalue weighted by atomic mass is 10.1.